The number of hydrogen-bond acceptors (Lipinski definition) is 0. The summed E-state index contributed by atoms with van der Waals surface area (Å²) in [6, 6.07) is 0. The van der Waals surface area contributed by atoms with Crippen LogP contribution < -0.4 is 0 Å². The summed E-state index contributed by atoms with van der Waals surface area (Å²) in [6.07, 6.45) is 14.1. The number of rotatable bonds is 3. The zero-order chi connectivity index (χ0) is 13.4. The van der Waals surface area contributed by atoms with Gasteiger partial charge in [-0.25, -0.2) is 0 Å². The monoisotopic (exact) mass is 277 g/mol. The Morgan fingerprint density at radius 2 is 1.74 bits per heavy atom. The number of fused-ring (bicyclic) bond motifs is 1. The summed E-state index contributed by atoms with van der Waals surface area (Å²) in [5, 5.41) is 0. The van der Waals surface area contributed by atoms with Crippen LogP contribution in [0.4, 0.5) is 0 Å². The van der Waals surface area contributed by atoms with Gasteiger partial charge >= 0.3 is 0 Å². The molecule has 0 amide bonds. The van der Waals surface area contributed by atoms with E-state index in [4.69, 9.17) is 11.5 Å². The average Bonchev–Trinajstić information content (AvgIpc) is 3.03. The van der Waals surface area contributed by atoms with Gasteiger partial charge in [0.1, 0.15) is 0 Å². The van der Waals surface area contributed by atoms with E-state index in [1.54, 1.807) is 11.1 Å². The summed E-state index contributed by atoms with van der Waals surface area (Å²) in [5.74, 6) is 3.43. The lowest BCUT2D eigenvalue weighted by Gasteiger charge is -2.34. The van der Waals surface area contributed by atoms with Crippen molar-refractivity contribution in [2.45, 2.75) is 64.5 Å². The van der Waals surface area contributed by atoms with Crippen molar-refractivity contribution in [3.8, 4) is 0 Å². The molecule has 0 aromatic heterocycles. The Bertz CT molecular complexity index is 392. The Hall–Kier alpha value is -0.165. The van der Waals surface area contributed by atoms with Crippen molar-refractivity contribution in [2.75, 3.05) is 0 Å². The molecule has 0 aromatic carbocycles. The molecule has 4 atom stereocenters. The molecule has 106 valence electrons. The minimum atomic E-state index is -0.424. The molecule has 0 bridgehead atoms. The molecule has 0 radical (unpaired) electrons. The number of allylic oxidation sites excluding steroid dienone is 4. The Morgan fingerprint density at radius 3 is 2.47 bits per heavy atom. The van der Waals surface area contributed by atoms with Crippen molar-refractivity contribution in [3.63, 3.8) is 0 Å². The van der Waals surface area contributed by atoms with Crippen LogP contribution >= 0.6 is 11.5 Å². The van der Waals surface area contributed by atoms with E-state index in [9.17, 15) is 0 Å². The van der Waals surface area contributed by atoms with E-state index >= 15 is 0 Å². The molecule has 0 N–H and O–H groups in total. The molecular weight excluding hydrogens is 250 g/mol. The summed E-state index contributed by atoms with van der Waals surface area (Å²) < 4.78 is 0. The van der Waals surface area contributed by atoms with Crippen LogP contribution in [0.3, 0.4) is 0 Å². The van der Waals surface area contributed by atoms with Crippen LogP contribution in [0, 0.1) is 17.8 Å². The lowest BCUT2D eigenvalue weighted by atomic mass is 9.55. The van der Waals surface area contributed by atoms with Crippen molar-refractivity contribution < 1.29 is 0 Å². The second kappa shape index (κ2) is 5.68. The topological polar surface area (TPSA) is 0 Å². The Kier molecular flexibility index (Phi) is 4.12. The molecule has 0 aliphatic heterocycles. The average molecular weight is 278 g/mol. The smallest absolute Gasteiger partial charge is 0.0735 e. The molecular formula is C17H27BCl-. The van der Waals surface area contributed by atoms with E-state index in [2.05, 4.69) is 26.0 Å². The highest BCUT2D eigenvalue weighted by atomic mass is 35.5. The van der Waals surface area contributed by atoms with Gasteiger partial charge in [-0.05, 0) is 32.1 Å². The lowest BCUT2D eigenvalue weighted by molar-refractivity contribution is 0.410. The van der Waals surface area contributed by atoms with Crippen molar-refractivity contribution in [1.82, 2.24) is 0 Å². The standard InChI is InChI=1S/C17H27BCl/c1-12-7-8-13(2)17-14(9-10-16(12)17)11-18(19)15-5-3-4-6-15/h7-8,14-18H,3-6,9-11H2,1-2H3/q-1. The van der Waals surface area contributed by atoms with Crippen LogP contribution in [0.15, 0.2) is 23.3 Å². The van der Waals surface area contributed by atoms with E-state index in [-0.39, 0.29) is 0 Å². The van der Waals surface area contributed by atoms with E-state index in [0.29, 0.717) is 0 Å². The number of hydrogen-bond donors (Lipinski definition) is 0. The third-order valence-corrected chi connectivity index (χ3v) is 6.91. The molecule has 2 saturated carbocycles. The first-order chi connectivity index (χ1) is 9.16. The predicted molar refractivity (Wildman–Crippen MR) is 87.2 cm³/mol. The maximum atomic E-state index is 6.83. The first-order valence-corrected chi connectivity index (χ1v) is 8.91. The maximum Gasteiger partial charge on any atom is 0.0735 e. The van der Waals surface area contributed by atoms with Crippen molar-refractivity contribution in [1.29, 1.82) is 0 Å². The van der Waals surface area contributed by atoms with Crippen LogP contribution in [-0.4, -0.2) is 6.13 Å². The first kappa shape index (κ1) is 13.8. The van der Waals surface area contributed by atoms with Gasteiger partial charge < -0.3 is 11.5 Å². The highest BCUT2D eigenvalue weighted by molar-refractivity contribution is 7.07. The molecule has 4 unspecified atom stereocenters. The quantitative estimate of drug-likeness (QED) is 0.602. The highest BCUT2D eigenvalue weighted by Crippen LogP contribution is 2.50. The van der Waals surface area contributed by atoms with Gasteiger partial charge in [-0.1, -0.05) is 61.3 Å². The summed E-state index contributed by atoms with van der Waals surface area (Å²) in [6.45, 7) is 4.66. The highest BCUT2D eigenvalue weighted by Gasteiger charge is 2.38. The SMILES string of the molecule is CC1=CC=C(C)C2C(C[BH-](Cl)C3CCCC3)CCC12. The normalized spacial score (nSPS) is 36.9. The maximum absolute atomic E-state index is 6.83. The molecule has 19 heavy (non-hydrogen) atoms. The van der Waals surface area contributed by atoms with Gasteiger partial charge in [0.05, 0.1) is 6.13 Å². The van der Waals surface area contributed by atoms with Crippen LogP contribution in [0.1, 0.15) is 52.4 Å². The van der Waals surface area contributed by atoms with E-state index in [1.165, 1.54) is 44.8 Å². The van der Waals surface area contributed by atoms with Crippen molar-refractivity contribution in [2.24, 2.45) is 17.8 Å². The second-order valence-electron chi connectivity index (χ2n) is 7.36. The second-order valence-corrected chi connectivity index (χ2v) is 8.05. The first-order valence-electron chi connectivity index (χ1n) is 8.37. The van der Waals surface area contributed by atoms with E-state index in [0.717, 1.165) is 23.6 Å². The van der Waals surface area contributed by atoms with Crippen LogP contribution in [0.5, 0.6) is 0 Å². The van der Waals surface area contributed by atoms with Crippen molar-refractivity contribution in [3.05, 3.63) is 23.3 Å². The molecule has 0 saturated heterocycles. The largest absolute Gasteiger partial charge is 0.394 e. The van der Waals surface area contributed by atoms with Gasteiger partial charge in [0, 0.05) is 0 Å². The molecule has 0 spiro atoms. The van der Waals surface area contributed by atoms with Gasteiger partial charge in [-0.3, -0.25) is 0 Å². The minimum absolute atomic E-state index is 0.424. The molecule has 2 heteroatoms. The number of halogens is 1. The Balaban J connectivity index is 1.66. The van der Waals surface area contributed by atoms with Crippen LogP contribution in [0.25, 0.3) is 0 Å². The summed E-state index contributed by atoms with van der Waals surface area (Å²) in [7, 11) is 0. The van der Waals surface area contributed by atoms with Crippen LogP contribution in [-0.2, 0) is 0 Å². The third-order valence-electron chi connectivity index (χ3n) is 6.26. The third kappa shape index (κ3) is 2.68. The summed E-state index contributed by atoms with van der Waals surface area (Å²) >= 11 is 6.83. The lowest BCUT2D eigenvalue weighted by Crippen LogP contribution is -2.24. The van der Waals surface area contributed by atoms with Gasteiger partial charge in [-0.15, -0.1) is 0 Å². The van der Waals surface area contributed by atoms with Gasteiger partial charge in [0.25, 0.3) is 0 Å². The Morgan fingerprint density at radius 1 is 1.05 bits per heavy atom. The van der Waals surface area contributed by atoms with Gasteiger partial charge in [-0.2, -0.15) is 12.1 Å². The molecule has 0 heterocycles. The fraction of sp³-hybridized carbons (Fsp3) is 0.765. The van der Waals surface area contributed by atoms with Gasteiger partial charge in [0.15, 0.2) is 0 Å². The molecule has 3 aliphatic rings. The molecule has 3 rings (SSSR count). The van der Waals surface area contributed by atoms with E-state index < -0.39 is 6.13 Å². The molecule has 0 nitrogen and oxygen atoms in total. The Labute approximate surface area is 123 Å². The summed E-state index contributed by atoms with van der Waals surface area (Å²) in [5.41, 5.74) is 3.23. The van der Waals surface area contributed by atoms with Gasteiger partial charge in [0.2, 0.25) is 0 Å². The fourth-order valence-electron chi connectivity index (χ4n) is 5.15. The minimum Gasteiger partial charge on any atom is -0.394 e. The van der Waals surface area contributed by atoms with E-state index in [1.807, 2.05) is 0 Å². The predicted octanol–water partition coefficient (Wildman–Crippen LogP) is 5.44. The zero-order valence-corrected chi connectivity index (χ0v) is 13.3. The molecule has 2 fully saturated rings. The molecule has 3 aliphatic carbocycles. The fourth-order valence-corrected chi connectivity index (χ4v) is 5.73. The van der Waals surface area contributed by atoms with Crippen molar-refractivity contribution >= 4 is 17.6 Å². The zero-order valence-electron chi connectivity index (χ0n) is 12.5. The molecule has 0 aromatic rings. The van der Waals surface area contributed by atoms with Crippen LogP contribution in [0.2, 0.25) is 12.1 Å². The summed E-state index contributed by atoms with van der Waals surface area (Å²) in [4.78, 5) is 0.